The number of imide groups is 1. The first-order chi connectivity index (χ1) is 14.9. The van der Waals surface area contributed by atoms with Gasteiger partial charge in [-0.1, -0.05) is 11.6 Å². The molecule has 2 saturated heterocycles. The Morgan fingerprint density at radius 2 is 2.00 bits per heavy atom. The molecule has 31 heavy (non-hydrogen) atoms. The predicted molar refractivity (Wildman–Crippen MR) is 116 cm³/mol. The van der Waals surface area contributed by atoms with Gasteiger partial charge < -0.3 is 10.1 Å². The van der Waals surface area contributed by atoms with E-state index >= 15 is 0 Å². The molecule has 2 aliphatic rings. The van der Waals surface area contributed by atoms with Gasteiger partial charge in [0.15, 0.2) is 6.17 Å². The van der Waals surface area contributed by atoms with E-state index in [1.807, 2.05) is 25.1 Å². The molecule has 2 fully saturated rings. The highest BCUT2D eigenvalue weighted by atomic mass is 35.5. The van der Waals surface area contributed by atoms with E-state index in [0.717, 1.165) is 22.3 Å². The van der Waals surface area contributed by atoms with Gasteiger partial charge in [-0.3, -0.25) is 19.5 Å². The zero-order valence-electron chi connectivity index (χ0n) is 17.4. The van der Waals surface area contributed by atoms with Crippen LogP contribution in [0.1, 0.15) is 30.4 Å². The largest absolute Gasteiger partial charge is 0.485 e. The molecule has 2 atom stereocenters. The van der Waals surface area contributed by atoms with Gasteiger partial charge in [-0.2, -0.15) is 0 Å². The summed E-state index contributed by atoms with van der Waals surface area (Å²) in [6.45, 7) is 3.01. The molecular weight excluding hydrogens is 421 g/mol. The van der Waals surface area contributed by atoms with Crippen molar-refractivity contribution in [3.05, 3.63) is 46.7 Å². The van der Waals surface area contributed by atoms with Crippen molar-refractivity contribution < 1.29 is 18.7 Å². The number of carbonyl (C=O) groups excluding carboxylic acids is 2. The molecule has 0 bridgehead atoms. The number of aromatic nitrogens is 1. The standard InChI is InChI=1S/C23H25ClFN3O3/c1-14-9-16(24)10-18(23(14)31-20-13-27-12-19(20)25)17-6-7-26-11-15(17)3-2-8-28-21(29)4-5-22(28)30/h6-7,9-11,19-20,27H,2-5,8,12-13H2,1H3/t19-,20?/m0/s1. The summed E-state index contributed by atoms with van der Waals surface area (Å²) in [5.41, 5.74) is 3.47. The highest BCUT2D eigenvalue weighted by Gasteiger charge is 2.30. The lowest BCUT2D eigenvalue weighted by atomic mass is 9.96. The van der Waals surface area contributed by atoms with Gasteiger partial charge in [-0.15, -0.1) is 0 Å². The van der Waals surface area contributed by atoms with Gasteiger partial charge in [0.25, 0.3) is 0 Å². The molecule has 3 heterocycles. The van der Waals surface area contributed by atoms with Crippen molar-refractivity contribution in [1.82, 2.24) is 15.2 Å². The molecule has 2 aromatic rings. The number of nitrogens with zero attached hydrogens (tertiary/aromatic N) is 2. The number of rotatable bonds is 7. The first kappa shape index (κ1) is 21.7. The molecule has 2 amide bonds. The summed E-state index contributed by atoms with van der Waals surface area (Å²) in [6.07, 6.45) is 3.69. The predicted octanol–water partition coefficient (Wildman–Crippen LogP) is 3.48. The van der Waals surface area contributed by atoms with Crippen molar-refractivity contribution >= 4 is 23.4 Å². The SMILES string of the molecule is Cc1cc(Cl)cc(-c2ccncc2CCCN2C(=O)CCC2=O)c1OC1CNC[C@@H]1F. The first-order valence-corrected chi connectivity index (χ1v) is 10.9. The average Bonchev–Trinajstić information content (AvgIpc) is 3.29. The van der Waals surface area contributed by atoms with Crippen molar-refractivity contribution in [3.63, 3.8) is 0 Å². The van der Waals surface area contributed by atoms with Crippen LogP contribution in [0.3, 0.4) is 0 Å². The van der Waals surface area contributed by atoms with Gasteiger partial charge >= 0.3 is 0 Å². The Hall–Kier alpha value is -2.51. The van der Waals surface area contributed by atoms with E-state index in [0.29, 0.717) is 49.5 Å². The van der Waals surface area contributed by atoms with Crippen LogP contribution >= 0.6 is 11.6 Å². The summed E-state index contributed by atoms with van der Waals surface area (Å²) in [4.78, 5) is 29.3. The molecule has 6 nitrogen and oxygen atoms in total. The second-order valence-corrected chi connectivity index (χ2v) is 8.44. The van der Waals surface area contributed by atoms with Crippen molar-refractivity contribution in [1.29, 1.82) is 0 Å². The zero-order valence-corrected chi connectivity index (χ0v) is 18.1. The highest BCUT2D eigenvalue weighted by molar-refractivity contribution is 6.31. The monoisotopic (exact) mass is 445 g/mol. The van der Waals surface area contributed by atoms with E-state index in [9.17, 15) is 14.0 Å². The number of aryl methyl sites for hydroxylation is 2. The molecule has 0 saturated carbocycles. The smallest absolute Gasteiger partial charge is 0.229 e. The van der Waals surface area contributed by atoms with Crippen LogP contribution < -0.4 is 10.1 Å². The minimum atomic E-state index is -1.07. The topological polar surface area (TPSA) is 71.5 Å². The Balaban J connectivity index is 1.59. The van der Waals surface area contributed by atoms with Gasteiger partial charge in [-0.05, 0) is 54.7 Å². The molecule has 1 aromatic heterocycles. The number of pyridine rings is 1. The number of hydrogen-bond donors (Lipinski definition) is 1. The Kier molecular flexibility index (Phi) is 6.53. The summed E-state index contributed by atoms with van der Waals surface area (Å²) in [7, 11) is 0. The van der Waals surface area contributed by atoms with E-state index in [-0.39, 0.29) is 18.4 Å². The van der Waals surface area contributed by atoms with Crippen molar-refractivity contribution in [3.8, 4) is 16.9 Å². The summed E-state index contributed by atoms with van der Waals surface area (Å²) >= 11 is 6.35. The Labute approximate surface area is 185 Å². The molecule has 1 unspecified atom stereocenters. The Morgan fingerprint density at radius 1 is 1.23 bits per heavy atom. The average molecular weight is 446 g/mol. The first-order valence-electron chi connectivity index (χ1n) is 10.5. The number of nitrogens with one attached hydrogen (secondary N) is 1. The number of hydrogen-bond acceptors (Lipinski definition) is 5. The fraction of sp³-hybridized carbons (Fsp3) is 0.435. The van der Waals surface area contributed by atoms with Crippen molar-refractivity contribution in [2.75, 3.05) is 19.6 Å². The molecular formula is C23H25ClFN3O3. The molecule has 4 rings (SSSR count). The number of benzene rings is 1. The summed E-state index contributed by atoms with van der Waals surface area (Å²) in [6, 6.07) is 5.52. The lowest BCUT2D eigenvalue weighted by Gasteiger charge is -2.21. The lowest BCUT2D eigenvalue weighted by Crippen LogP contribution is -2.30. The van der Waals surface area contributed by atoms with E-state index in [1.165, 1.54) is 4.90 Å². The number of amides is 2. The zero-order chi connectivity index (χ0) is 22.0. The number of likely N-dealkylation sites (tertiary alicyclic amines) is 1. The molecule has 0 aliphatic carbocycles. The van der Waals surface area contributed by atoms with Gasteiger partial charge in [0.2, 0.25) is 11.8 Å². The van der Waals surface area contributed by atoms with Crippen LogP contribution in [0, 0.1) is 6.92 Å². The molecule has 1 aromatic carbocycles. The minimum absolute atomic E-state index is 0.108. The maximum absolute atomic E-state index is 14.2. The number of ether oxygens (including phenoxy) is 1. The number of alkyl halides is 1. The number of halogens is 2. The van der Waals surface area contributed by atoms with Gasteiger partial charge in [0.1, 0.15) is 11.9 Å². The van der Waals surface area contributed by atoms with Crippen LogP contribution in [0.2, 0.25) is 5.02 Å². The third-order valence-corrected chi connectivity index (χ3v) is 5.99. The third kappa shape index (κ3) is 4.72. The number of carbonyl (C=O) groups is 2. The van der Waals surface area contributed by atoms with E-state index in [4.69, 9.17) is 16.3 Å². The van der Waals surface area contributed by atoms with Crippen LogP contribution in [0.5, 0.6) is 5.75 Å². The van der Waals surface area contributed by atoms with Crippen LogP contribution in [0.25, 0.3) is 11.1 Å². The molecule has 164 valence electrons. The molecule has 1 N–H and O–H groups in total. The van der Waals surface area contributed by atoms with Crippen molar-refractivity contribution in [2.24, 2.45) is 0 Å². The van der Waals surface area contributed by atoms with E-state index in [2.05, 4.69) is 10.3 Å². The fourth-order valence-electron chi connectivity index (χ4n) is 4.17. The maximum Gasteiger partial charge on any atom is 0.229 e. The second-order valence-electron chi connectivity index (χ2n) is 8.01. The van der Waals surface area contributed by atoms with Gasteiger partial charge in [-0.25, -0.2) is 4.39 Å². The van der Waals surface area contributed by atoms with Gasteiger partial charge in [0, 0.05) is 55.5 Å². The maximum atomic E-state index is 14.2. The van der Waals surface area contributed by atoms with Crippen LogP contribution in [-0.4, -0.2) is 53.6 Å². The minimum Gasteiger partial charge on any atom is -0.485 e. The summed E-state index contributed by atoms with van der Waals surface area (Å²) in [5.74, 6) is 0.394. The lowest BCUT2D eigenvalue weighted by molar-refractivity contribution is -0.138. The van der Waals surface area contributed by atoms with Gasteiger partial charge in [0.05, 0.1) is 0 Å². The quantitative estimate of drug-likeness (QED) is 0.660. The summed E-state index contributed by atoms with van der Waals surface area (Å²) in [5, 5.41) is 3.58. The van der Waals surface area contributed by atoms with Crippen LogP contribution in [-0.2, 0) is 16.0 Å². The summed E-state index contributed by atoms with van der Waals surface area (Å²) < 4.78 is 20.3. The van der Waals surface area contributed by atoms with Crippen LogP contribution in [0.15, 0.2) is 30.6 Å². The van der Waals surface area contributed by atoms with Crippen LogP contribution in [0.4, 0.5) is 4.39 Å². The molecule has 0 spiro atoms. The second kappa shape index (κ2) is 9.32. The Bertz CT molecular complexity index is 984. The normalized spacial score (nSPS) is 21.2. The highest BCUT2D eigenvalue weighted by Crippen LogP contribution is 2.38. The molecule has 2 aliphatic heterocycles. The fourth-order valence-corrected chi connectivity index (χ4v) is 4.44. The van der Waals surface area contributed by atoms with Crippen molar-refractivity contribution in [2.45, 2.75) is 44.9 Å². The molecule has 8 heteroatoms. The van der Waals surface area contributed by atoms with E-state index < -0.39 is 12.3 Å². The Morgan fingerprint density at radius 3 is 2.71 bits per heavy atom. The van der Waals surface area contributed by atoms with E-state index in [1.54, 1.807) is 12.4 Å². The molecule has 0 radical (unpaired) electrons. The third-order valence-electron chi connectivity index (χ3n) is 5.77.